The van der Waals surface area contributed by atoms with Gasteiger partial charge in [0.2, 0.25) is 0 Å². The highest BCUT2D eigenvalue weighted by atomic mass is 35.5. The van der Waals surface area contributed by atoms with Crippen LogP contribution in [0, 0.1) is 13.8 Å². The van der Waals surface area contributed by atoms with Crippen LogP contribution >= 0.6 is 11.6 Å². The molecule has 1 unspecified atom stereocenters. The average molecular weight is 289 g/mol. The van der Waals surface area contributed by atoms with Crippen molar-refractivity contribution in [2.75, 3.05) is 7.11 Å². The molecule has 20 heavy (non-hydrogen) atoms. The van der Waals surface area contributed by atoms with Crippen LogP contribution in [0.4, 0.5) is 0 Å². The minimum absolute atomic E-state index is 0.0910. The van der Waals surface area contributed by atoms with Crippen molar-refractivity contribution in [1.82, 2.24) is 0 Å². The third-order valence-corrected chi connectivity index (χ3v) is 3.72. The van der Waals surface area contributed by atoms with Gasteiger partial charge in [0.25, 0.3) is 0 Å². The van der Waals surface area contributed by atoms with Crippen LogP contribution in [-0.2, 0) is 0 Å². The zero-order valence-corrected chi connectivity index (χ0v) is 12.6. The Bertz CT molecular complexity index is 597. The Labute approximate surface area is 124 Å². The van der Waals surface area contributed by atoms with Gasteiger partial charge in [-0.15, -0.1) is 11.6 Å². The van der Waals surface area contributed by atoms with E-state index >= 15 is 0 Å². The summed E-state index contributed by atoms with van der Waals surface area (Å²) in [7, 11) is 1.63. The summed E-state index contributed by atoms with van der Waals surface area (Å²) in [6.07, 6.45) is 0. The topological polar surface area (TPSA) is 26.3 Å². The Hall–Kier alpha value is -1.80. The molecule has 0 aliphatic rings. The number of Topliss-reactive ketones (excluding diaryl/α,β-unsaturated/α-hetero) is 1. The monoisotopic (exact) mass is 288 g/mol. The summed E-state index contributed by atoms with van der Waals surface area (Å²) in [5, 5.41) is -0.664. The lowest BCUT2D eigenvalue weighted by atomic mass is 9.98. The van der Waals surface area contributed by atoms with E-state index in [1.807, 2.05) is 56.3 Å². The fraction of sp³-hybridized carbons (Fsp3) is 0.235. The van der Waals surface area contributed by atoms with Crippen molar-refractivity contribution >= 4 is 17.4 Å². The fourth-order valence-electron chi connectivity index (χ4n) is 2.33. The predicted octanol–water partition coefficient (Wildman–Crippen LogP) is 4.47. The number of ketones is 1. The van der Waals surface area contributed by atoms with Gasteiger partial charge in [-0.25, -0.2) is 0 Å². The molecule has 0 saturated carbocycles. The van der Waals surface area contributed by atoms with Crippen molar-refractivity contribution in [3.8, 4) is 5.75 Å². The second-order valence-corrected chi connectivity index (χ2v) is 5.22. The Morgan fingerprint density at radius 2 is 1.65 bits per heavy atom. The van der Waals surface area contributed by atoms with Gasteiger partial charge >= 0.3 is 0 Å². The number of halogens is 1. The lowest BCUT2D eigenvalue weighted by Crippen LogP contribution is -2.08. The molecular weight excluding hydrogens is 272 g/mol. The van der Waals surface area contributed by atoms with Crippen LogP contribution in [-0.4, -0.2) is 12.9 Å². The van der Waals surface area contributed by atoms with Gasteiger partial charge in [-0.3, -0.25) is 4.79 Å². The Balaban J connectivity index is 2.35. The van der Waals surface area contributed by atoms with Gasteiger partial charge in [-0.05, 0) is 42.7 Å². The van der Waals surface area contributed by atoms with E-state index in [-0.39, 0.29) is 5.78 Å². The summed E-state index contributed by atoms with van der Waals surface area (Å²) in [5.41, 5.74) is 3.30. The van der Waals surface area contributed by atoms with Crippen LogP contribution in [0.5, 0.6) is 5.75 Å². The zero-order chi connectivity index (χ0) is 14.7. The molecule has 0 radical (unpaired) electrons. The van der Waals surface area contributed by atoms with Crippen LogP contribution in [0.25, 0.3) is 0 Å². The predicted molar refractivity (Wildman–Crippen MR) is 81.8 cm³/mol. The molecule has 0 N–H and O–H groups in total. The van der Waals surface area contributed by atoms with Gasteiger partial charge in [0.1, 0.15) is 11.1 Å². The summed E-state index contributed by atoms with van der Waals surface area (Å²) in [5.74, 6) is 0.721. The number of methoxy groups -OCH3 is 1. The number of ether oxygens (including phenoxy) is 1. The number of rotatable bonds is 4. The molecule has 1 atom stereocenters. The van der Waals surface area contributed by atoms with Gasteiger partial charge in [0, 0.05) is 5.56 Å². The molecule has 0 fully saturated rings. The van der Waals surface area contributed by atoms with Crippen molar-refractivity contribution in [3.63, 3.8) is 0 Å². The minimum Gasteiger partial charge on any atom is -0.496 e. The first-order valence-corrected chi connectivity index (χ1v) is 6.86. The number of carbonyl (C=O) groups is 1. The third-order valence-electron chi connectivity index (χ3n) is 3.27. The third kappa shape index (κ3) is 2.86. The van der Waals surface area contributed by atoms with E-state index in [0.717, 1.165) is 22.4 Å². The van der Waals surface area contributed by atoms with Crippen molar-refractivity contribution in [2.45, 2.75) is 19.2 Å². The van der Waals surface area contributed by atoms with E-state index in [0.29, 0.717) is 5.56 Å². The number of carbonyl (C=O) groups excluding carboxylic acids is 1. The number of alkyl halides is 1. The van der Waals surface area contributed by atoms with E-state index in [9.17, 15) is 4.79 Å². The average Bonchev–Trinajstić information content (AvgIpc) is 2.46. The Kier molecular flexibility index (Phi) is 4.46. The number of benzene rings is 2. The molecule has 3 heteroatoms. The van der Waals surface area contributed by atoms with Crippen LogP contribution < -0.4 is 4.74 Å². The Morgan fingerprint density at radius 3 is 2.15 bits per heavy atom. The molecule has 2 aromatic carbocycles. The smallest absolute Gasteiger partial charge is 0.185 e. The van der Waals surface area contributed by atoms with E-state index < -0.39 is 5.38 Å². The standard InChI is InChI=1S/C17H17ClO2/c1-11-9-14(10-12(2)17(11)20-3)16(19)15(18)13-7-5-4-6-8-13/h4-10,15H,1-3H3. The van der Waals surface area contributed by atoms with Crippen LogP contribution in [0.2, 0.25) is 0 Å². The van der Waals surface area contributed by atoms with E-state index in [1.54, 1.807) is 7.11 Å². The minimum atomic E-state index is -0.664. The molecule has 104 valence electrons. The van der Waals surface area contributed by atoms with Crippen molar-refractivity contribution < 1.29 is 9.53 Å². The maximum absolute atomic E-state index is 12.5. The maximum Gasteiger partial charge on any atom is 0.185 e. The SMILES string of the molecule is COc1c(C)cc(C(=O)C(Cl)c2ccccc2)cc1C. The van der Waals surface area contributed by atoms with Crippen molar-refractivity contribution in [1.29, 1.82) is 0 Å². The van der Waals surface area contributed by atoms with Crippen LogP contribution in [0.3, 0.4) is 0 Å². The highest BCUT2D eigenvalue weighted by Crippen LogP contribution is 2.29. The normalized spacial score (nSPS) is 12.0. The van der Waals surface area contributed by atoms with Gasteiger partial charge in [-0.2, -0.15) is 0 Å². The quantitative estimate of drug-likeness (QED) is 0.613. The second kappa shape index (κ2) is 6.10. The van der Waals surface area contributed by atoms with Gasteiger partial charge < -0.3 is 4.74 Å². The lowest BCUT2D eigenvalue weighted by Gasteiger charge is -2.13. The fourth-order valence-corrected chi connectivity index (χ4v) is 2.61. The molecule has 0 heterocycles. The first kappa shape index (κ1) is 14.6. The molecule has 0 aliphatic carbocycles. The second-order valence-electron chi connectivity index (χ2n) is 4.78. The molecule has 2 aromatic rings. The first-order valence-electron chi connectivity index (χ1n) is 6.43. The number of hydrogen-bond donors (Lipinski definition) is 0. The summed E-state index contributed by atoms with van der Waals surface area (Å²) in [6.45, 7) is 3.85. The highest BCUT2D eigenvalue weighted by molar-refractivity contribution is 6.33. The van der Waals surface area contributed by atoms with E-state index in [1.165, 1.54) is 0 Å². The molecular formula is C17H17ClO2. The summed E-state index contributed by atoms with van der Waals surface area (Å²) in [4.78, 5) is 12.5. The summed E-state index contributed by atoms with van der Waals surface area (Å²) in [6, 6.07) is 13.0. The molecule has 0 aromatic heterocycles. The molecule has 2 nitrogen and oxygen atoms in total. The number of hydrogen-bond acceptors (Lipinski definition) is 2. The summed E-state index contributed by atoms with van der Waals surface area (Å²) < 4.78 is 5.31. The molecule has 0 spiro atoms. The van der Waals surface area contributed by atoms with Crippen molar-refractivity contribution in [3.05, 3.63) is 64.7 Å². The lowest BCUT2D eigenvalue weighted by molar-refractivity contribution is 0.0987. The largest absolute Gasteiger partial charge is 0.496 e. The molecule has 0 saturated heterocycles. The molecule has 2 rings (SSSR count). The number of aryl methyl sites for hydroxylation is 2. The highest BCUT2D eigenvalue weighted by Gasteiger charge is 2.20. The van der Waals surface area contributed by atoms with E-state index in [2.05, 4.69) is 0 Å². The van der Waals surface area contributed by atoms with Crippen molar-refractivity contribution in [2.24, 2.45) is 0 Å². The first-order chi connectivity index (χ1) is 9.54. The van der Waals surface area contributed by atoms with Crippen LogP contribution in [0.15, 0.2) is 42.5 Å². The molecule has 0 aliphatic heterocycles. The van der Waals surface area contributed by atoms with Gasteiger partial charge in [0.15, 0.2) is 5.78 Å². The van der Waals surface area contributed by atoms with E-state index in [4.69, 9.17) is 16.3 Å². The molecule has 0 bridgehead atoms. The van der Waals surface area contributed by atoms with Gasteiger partial charge in [0.05, 0.1) is 7.11 Å². The van der Waals surface area contributed by atoms with Crippen LogP contribution in [0.1, 0.15) is 32.4 Å². The molecule has 0 amide bonds. The van der Waals surface area contributed by atoms with Gasteiger partial charge in [-0.1, -0.05) is 30.3 Å². The Morgan fingerprint density at radius 1 is 1.10 bits per heavy atom. The maximum atomic E-state index is 12.5. The summed E-state index contributed by atoms with van der Waals surface area (Å²) >= 11 is 6.29. The zero-order valence-electron chi connectivity index (χ0n) is 11.8.